The minimum absolute atomic E-state index is 0.161. The summed E-state index contributed by atoms with van der Waals surface area (Å²) in [7, 11) is 6.22. The predicted octanol–water partition coefficient (Wildman–Crippen LogP) is 4.16. The van der Waals surface area contributed by atoms with Crippen LogP contribution >= 0.6 is 0 Å². The molecule has 0 unspecified atom stereocenters. The third-order valence-electron chi connectivity index (χ3n) is 4.86. The summed E-state index contributed by atoms with van der Waals surface area (Å²) in [6.45, 7) is 18.6. The fourth-order valence-electron chi connectivity index (χ4n) is 3.38. The second-order valence-corrected chi connectivity index (χ2v) is 13.3. The standard InChI is InChI=1S/C26H50N5O6/c1-24(2,3)35-21(32)27-20(28-15-17-29(18-16-28)22(33)36-25(4,5)6)30(14-13-19-31(10,11)12)23(34)37-26(7,8)9/h13-19H2,1-12H3/q+1/b27-20-. The Kier molecular flexibility index (Phi) is 10.8. The number of carbonyl (C=O) groups excluding carboxylic acids is 3. The van der Waals surface area contributed by atoms with E-state index in [2.05, 4.69) is 26.1 Å². The van der Waals surface area contributed by atoms with E-state index < -0.39 is 35.1 Å². The number of ether oxygens (including phenoxy) is 3. The van der Waals surface area contributed by atoms with Crippen molar-refractivity contribution in [2.75, 3.05) is 60.4 Å². The van der Waals surface area contributed by atoms with Crippen LogP contribution in [0.5, 0.6) is 0 Å². The number of rotatable bonds is 4. The number of carbonyl (C=O) groups is 3. The van der Waals surface area contributed by atoms with Crippen molar-refractivity contribution < 1.29 is 33.1 Å². The van der Waals surface area contributed by atoms with Crippen LogP contribution in [0.3, 0.4) is 0 Å². The van der Waals surface area contributed by atoms with Gasteiger partial charge in [-0.1, -0.05) is 0 Å². The summed E-state index contributed by atoms with van der Waals surface area (Å²) < 4.78 is 17.3. The highest BCUT2D eigenvalue weighted by Crippen LogP contribution is 2.17. The van der Waals surface area contributed by atoms with E-state index in [1.165, 1.54) is 4.90 Å². The molecule has 0 atom stereocenters. The van der Waals surface area contributed by atoms with Gasteiger partial charge in [-0.3, -0.25) is 0 Å². The lowest BCUT2D eigenvalue weighted by molar-refractivity contribution is -0.870. The molecule has 37 heavy (non-hydrogen) atoms. The van der Waals surface area contributed by atoms with Gasteiger partial charge >= 0.3 is 18.3 Å². The highest BCUT2D eigenvalue weighted by molar-refractivity contribution is 5.99. The number of hydrogen-bond donors (Lipinski definition) is 0. The van der Waals surface area contributed by atoms with Gasteiger partial charge in [-0.25, -0.2) is 19.3 Å². The molecular formula is C26H50N5O6+. The summed E-state index contributed by atoms with van der Waals surface area (Å²) in [5.74, 6) is 0.161. The molecule has 0 aromatic rings. The smallest absolute Gasteiger partial charge is 0.437 e. The average molecular weight is 529 g/mol. The Labute approximate surface area is 223 Å². The van der Waals surface area contributed by atoms with Crippen LogP contribution in [-0.4, -0.2) is 121 Å². The molecule has 1 heterocycles. The molecule has 1 saturated heterocycles. The highest BCUT2D eigenvalue weighted by atomic mass is 16.6. The largest absolute Gasteiger partial charge is 0.444 e. The molecule has 0 aromatic carbocycles. The van der Waals surface area contributed by atoms with Gasteiger partial charge in [0.05, 0.1) is 27.7 Å². The van der Waals surface area contributed by atoms with Crippen molar-refractivity contribution in [3.05, 3.63) is 0 Å². The molecule has 0 aromatic heterocycles. The summed E-state index contributed by atoms with van der Waals surface area (Å²) in [6.07, 6.45) is -1.12. The Morgan fingerprint density at radius 2 is 1.22 bits per heavy atom. The van der Waals surface area contributed by atoms with E-state index in [0.717, 1.165) is 11.0 Å². The van der Waals surface area contributed by atoms with E-state index in [9.17, 15) is 14.4 Å². The molecule has 0 bridgehead atoms. The first-order valence-corrected chi connectivity index (χ1v) is 12.9. The Hall–Kier alpha value is -2.56. The van der Waals surface area contributed by atoms with E-state index >= 15 is 0 Å². The van der Waals surface area contributed by atoms with Crippen LogP contribution in [0.15, 0.2) is 4.99 Å². The van der Waals surface area contributed by atoms with E-state index in [1.807, 2.05) is 25.7 Å². The summed E-state index contributed by atoms with van der Waals surface area (Å²) >= 11 is 0. The molecule has 1 aliphatic heterocycles. The minimum atomic E-state index is -0.794. The van der Waals surface area contributed by atoms with Gasteiger partial charge in [-0.05, 0) is 62.3 Å². The highest BCUT2D eigenvalue weighted by Gasteiger charge is 2.34. The lowest BCUT2D eigenvalue weighted by Crippen LogP contribution is -2.57. The maximum Gasteiger partial charge on any atom is 0.437 e. The summed E-state index contributed by atoms with van der Waals surface area (Å²) in [6, 6.07) is 0. The molecule has 1 rings (SSSR count). The summed E-state index contributed by atoms with van der Waals surface area (Å²) in [5, 5.41) is 0. The van der Waals surface area contributed by atoms with Crippen LogP contribution in [0.25, 0.3) is 0 Å². The number of amides is 3. The molecule has 11 heteroatoms. The monoisotopic (exact) mass is 528 g/mol. The van der Waals surface area contributed by atoms with Gasteiger partial charge in [-0.2, -0.15) is 0 Å². The number of nitrogens with zero attached hydrogens (tertiary/aromatic N) is 5. The number of piperazine rings is 1. The van der Waals surface area contributed by atoms with Gasteiger partial charge in [0.25, 0.3) is 0 Å². The Morgan fingerprint density at radius 1 is 0.757 bits per heavy atom. The van der Waals surface area contributed by atoms with Crippen molar-refractivity contribution in [3.63, 3.8) is 0 Å². The third-order valence-corrected chi connectivity index (χ3v) is 4.86. The maximum atomic E-state index is 13.3. The zero-order chi connectivity index (χ0) is 28.8. The molecule has 0 N–H and O–H groups in total. The van der Waals surface area contributed by atoms with Crippen molar-refractivity contribution in [3.8, 4) is 0 Å². The molecule has 0 saturated carbocycles. The molecule has 0 radical (unpaired) electrons. The van der Waals surface area contributed by atoms with Crippen LogP contribution in [0.4, 0.5) is 14.4 Å². The second-order valence-electron chi connectivity index (χ2n) is 13.3. The zero-order valence-electron chi connectivity index (χ0n) is 25.1. The van der Waals surface area contributed by atoms with E-state index in [-0.39, 0.29) is 5.96 Å². The fraction of sp³-hybridized carbons (Fsp3) is 0.846. The lowest BCUT2D eigenvalue weighted by atomic mass is 10.2. The summed E-state index contributed by atoms with van der Waals surface area (Å²) in [4.78, 5) is 47.8. The molecule has 3 amide bonds. The minimum Gasteiger partial charge on any atom is -0.444 e. The van der Waals surface area contributed by atoms with Crippen LogP contribution in [0, 0.1) is 0 Å². The van der Waals surface area contributed by atoms with Crippen LogP contribution in [-0.2, 0) is 14.2 Å². The summed E-state index contributed by atoms with van der Waals surface area (Å²) in [5.41, 5.74) is -2.08. The van der Waals surface area contributed by atoms with Gasteiger partial charge in [0.1, 0.15) is 16.8 Å². The Morgan fingerprint density at radius 3 is 1.65 bits per heavy atom. The fourth-order valence-corrected chi connectivity index (χ4v) is 3.38. The van der Waals surface area contributed by atoms with Crippen molar-refractivity contribution in [2.24, 2.45) is 4.99 Å². The quantitative estimate of drug-likeness (QED) is 0.234. The second kappa shape index (κ2) is 12.3. The Balaban J connectivity index is 3.28. The lowest BCUT2D eigenvalue weighted by Gasteiger charge is -2.39. The third kappa shape index (κ3) is 13.5. The topological polar surface area (TPSA) is 101 Å². The van der Waals surface area contributed by atoms with Crippen LogP contribution in [0.1, 0.15) is 68.7 Å². The first-order valence-electron chi connectivity index (χ1n) is 12.9. The molecule has 0 aliphatic carbocycles. The van der Waals surface area contributed by atoms with Gasteiger partial charge in [0.2, 0.25) is 5.96 Å². The van der Waals surface area contributed by atoms with Crippen molar-refractivity contribution in [1.82, 2.24) is 14.7 Å². The van der Waals surface area contributed by atoms with Gasteiger partial charge in [0, 0.05) is 39.1 Å². The van der Waals surface area contributed by atoms with Gasteiger partial charge < -0.3 is 28.5 Å². The molecule has 214 valence electrons. The zero-order valence-corrected chi connectivity index (χ0v) is 25.1. The van der Waals surface area contributed by atoms with Gasteiger partial charge in [-0.15, -0.1) is 4.99 Å². The molecule has 1 aliphatic rings. The van der Waals surface area contributed by atoms with E-state index in [1.54, 1.807) is 46.4 Å². The van der Waals surface area contributed by atoms with Crippen LogP contribution in [0.2, 0.25) is 0 Å². The SMILES string of the molecule is CC(C)(C)OC(=O)/N=C(/N1CCN(C(=O)OC(C)(C)C)CC1)N(CCC[N+](C)(C)C)C(=O)OC(C)(C)C. The number of quaternary nitrogens is 1. The first kappa shape index (κ1) is 32.5. The maximum absolute atomic E-state index is 13.3. The van der Waals surface area contributed by atoms with Crippen molar-refractivity contribution in [2.45, 2.75) is 85.5 Å². The van der Waals surface area contributed by atoms with Crippen LogP contribution < -0.4 is 0 Å². The number of aliphatic imine (C=N–C) groups is 1. The van der Waals surface area contributed by atoms with Gasteiger partial charge in [0.15, 0.2) is 0 Å². The van der Waals surface area contributed by atoms with E-state index in [0.29, 0.717) is 39.1 Å². The van der Waals surface area contributed by atoms with Crippen molar-refractivity contribution in [1.29, 1.82) is 0 Å². The molecule has 0 spiro atoms. The van der Waals surface area contributed by atoms with Crippen molar-refractivity contribution >= 4 is 24.2 Å². The van der Waals surface area contributed by atoms with E-state index in [4.69, 9.17) is 14.2 Å². The molecule has 1 fully saturated rings. The predicted molar refractivity (Wildman–Crippen MR) is 144 cm³/mol. The number of guanidine groups is 1. The first-order chi connectivity index (χ1) is 16.6. The Bertz CT molecular complexity index is 822. The average Bonchev–Trinajstić information content (AvgIpc) is 2.65. The molecule has 11 nitrogen and oxygen atoms in total. The molecular weight excluding hydrogens is 478 g/mol. The normalized spacial score (nSPS) is 15.8. The number of hydrogen-bond acceptors (Lipinski definition) is 6.